The van der Waals surface area contributed by atoms with Gasteiger partial charge in [0.05, 0.1) is 0 Å². The molecule has 0 aliphatic heterocycles. The molecule has 0 aliphatic rings. The number of benzene rings is 2. The molecule has 178 valence electrons. The van der Waals surface area contributed by atoms with Gasteiger partial charge in [0.1, 0.15) is 11.5 Å². The molecule has 2 aromatic rings. The predicted octanol–water partition coefficient (Wildman–Crippen LogP) is 6.70. The van der Waals surface area contributed by atoms with Crippen LogP contribution >= 0.6 is 11.8 Å². The van der Waals surface area contributed by atoms with Crippen molar-refractivity contribution in [3.63, 3.8) is 0 Å². The van der Waals surface area contributed by atoms with Gasteiger partial charge in [-0.15, -0.1) is 24.9 Å². The number of rotatable bonds is 8. The van der Waals surface area contributed by atoms with E-state index in [9.17, 15) is 23.1 Å². The predicted molar refractivity (Wildman–Crippen MR) is 123 cm³/mol. The number of aliphatic carboxylic acids is 1. The molecule has 1 N–H and O–H groups in total. The first-order valence-corrected chi connectivity index (χ1v) is 11.2. The van der Waals surface area contributed by atoms with Crippen molar-refractivity contribution in [1.82, 2.24) is 0 Å². The fraction of sp³-hybridized carbons (Fsp3) is 0.400. The molecule has 0 radical (unpaired) electrons. The minimum atomic E-state index is -4.71. The topological polar surface area (TPSA) is 55.8 Å². The molecule has 0 unspecified atom stereocenters. The van der Waals surface area contributed by atoms with Crippen LogP contribution in [0.15, 0.2) is 47.4 Å². The second kappa shape index (κ2) is 10.4. The third-order valence-electron chi connectivity index (χ3n) is 4.54. The van der Waals surface area contributed by atoms with Gasteiger partial charge in [0.15, 0.2) is 5.60 Å². The number of alkyl halides is 3. The Morgan fingerprint density at radius 2 is 1.67 bits per heavy atom. The van der Waals surface area contributed by atoms with Gasteiger partial charge in [0.25, 0.3) is 0 Å². The number of hydrogen-bond acceptors (Lipinski definition) is 4. The van der Waals surface area contributed by atoms with Crippen LogP contribution in [0.2, 0.25) is 0 Å². The zero-order chi connectivity index (χ0) is 24.9. The largest absolute Gasteiger partial charge is 0.573 e. The Bertz CT molecular complexity index is 1030. The van der Waals surface area contributed by atoms with Crippen LogP contribution in [-0.2, 0) is 4.79 Å². The van der Waals surface area contributed by atoms with E-state index in [-0.39, 0.29) is 11.2 Å². The van der Waals surface area contributed by atoms with Crippen molar-refractivity contribution in [1.29, 1.82) is 0 Å². The summed E-state index contributed by atoms with van der Waals surface area (Å²) in [5.74, 6) is 6.09. The summed E-state index contributed by atoms with van der Waals surface area (Å²) < 4.78 is 46.2. The molecule has 0 atom stereocenters. The lowest BCUT2D eigenvalue weighted by Crippen LogP contribution is -2.38. The van der Waals surface area contributed by atoms with E-state index in [0.717, 1.165) is 16.2 Å². The molecule has 0 saturated carbocycles. The van der Waals surface area contributed by atoms with Crippen LogP contribution in [0.3, 0.4) is 0 Å². The van der Waals surface area contributed by atoms with Crippen LogP contribution in [0.5, 0.6) is 11.5 Å². The molecule has 0 fully saturated rings. The van der Waals surface area contributed by atoms with Gasteiger partial charge in [0, 0.05) is 22.6 Å². The first-order chi connectivity index (χ1) is 15.2. The van der Waals surface area contributed by atoms with Crippen LogP contribution in [0, 0.1) is 24.2 Å². The Morgan fingerprint density at radius 1 is 1.03 bits per heavy atom. The van der Waals surface area contributed by atoms with Crippen LogP contribution in [-0.4, -0.2) is 28.8 Å². The second-order valence-corrected chi connectivity index (χ2v) is 9.90. The average molecular weight is 481 g/mol. The number of hydrogen-bond donors (Lipinski definition) is 1. The summed E-state index contributed by atoms with van der Waals surface area (Å²) in [7, 11) is 0. The Kier molecular flexibility index (Phi) is 8.36. The molecule has 33 heavy (non-hydrogen) atoms. The van der Waals surface area contributed by atoms with E-state index in [0.29, 0.717) is 17.7 Å². The molecule has 0 heterocycles. The Balaban J connectivity index is 1.93. The van der Waals surface area contributed by atoms with Gasteiger partial charge in [-0.1, -0.05) is 25.7 Å². The Morgan fingerprint density at radius 3 is 2.21 bits per heavy atom. The molecule has 8 heteroatoms. The van der Waals surface area contributed by atoms with Gasteiger partial charge in [-0.25, -0.2) is 4.79 Å². The van der Waals surface area contributed by atoms with Crippen LogP contribution in [0.25, 0.3) is 0 Å². The zero-order valence-corrected chi connectivity index (χ0v) is 20.0. The lowest BCUT2D eigenvalue weighted by molar-refractivity contribution is -0.274. The molecule has 0 amide bonds. The zero-order valence-electron chi connectivity index (χ0n) is 19.2. The highest BCUT2D eigenvalue weighted by molar-refractivity contribution is 7.99. The quantitative estimate of drug-likeness (QED) is 0.337. The van der Waals surface area contributed by atoms with E-state index in [1.807, 2.05) is 19.1 Å². The first-order valence-electron chi connectivity index (χ1n) is 10.2. The van der Waals surface area contributed by atoms with Crippen LogP contribution in [0.1, 0.15) is 45.2 Å². The molecule has 0 aromatic heterocycles. The van der Waals surface area contributed by atoms with Crippen molar-refractivity contribution in [2.75, 3.05) is 5.75 Å². The standard InChI is InChI=1S/C25H27F3O4S/c1-17-15-20(12-13-21(17)32-24(4,5)22(29)30)33-16-23(2,3)14-6-7-18-8-10-19(11-9-18)31-25(26,27)28/h8-13,15H,14,16H2,1-5H3,(H,29,30). The number of thioether (sulfide) groups is 1. The smallest absolute Gasteiger partial charge is 0.478 e. The molecule has 0 aliphatic carbocycles. The van der Waals surface area contributed by atoms with E-state index in [1.54, 1.807) is 17.8 Å². The second-order valence-electron chi connectivity index (χ2n) is 8.85. The van der Waals surface area contributed by atoms with E-state index in [1.165, 1.54) is 38.1 Å². The monoisotopic (exact) mass is 480 g/mol. The van der Waals surface area contributed by atoms with Gasteiger partial charge in [0.2, 0.25) is 0 Å². The van der Waals surface area contributed by atoms with Gasteiger partial charge >= 0.3 is 12.3 Å². The Labute approximate surface area is 196 Å². The summed E-state index contributed by atoms with van der Waals surface area (Å²) in [6.07, 6.45) is -4.11. The van der Waals surface area contributed by atoms with Crippen molar-refractivity contribution in [2.24, 2.45) is 5.41 Å². The highest BCUT2D eigenvalue weighted by atomic mass is 32.2. The van der Waals surface area contributed by atoms with Crippen molar-refractivity contribution < 1.29 is 32.5 Å². The fourth-order valence-corrected chi connectivity index (χ4v) is 3.68. The molecule has 2 aromatic carbocycles. The molecule has 0 spiro atoms. The SMILES string of the molecule is Cc1cc(SCC(C)(C)CC#Cc2ccc(OC(F)(F)F)cc2)ccc1OC(C)(C)C(=O)O. The maximum Gasteiger partial charge on any atom is 0.573 e. The van der Waals surface area contributed by atoms with Crippen LogP contribution in [0.4, 0.5) is 13.2 Å². The number of halogens is 3. The molecule has 0 bridgehead atoms. The number of carboxylic acid groups (broad SMARTS) is 1. The highest BCUT2D eigenvalue weighted by Crippen LogP contribution is 2.33. The summed E-state index contributed by atoms with van der Waals surface area (Å²) >= 11 is 1.67. The first kappa shape index (κ1) is 26.5. The van der Waals surface area contributed by atoms with Crippen molar-refractivity contribution in [2.45, 2.75) is 57.9 Å². The number of ether oxygens (including phenoxy) is 2. The van der Waals surface area contributed by atoms with E-state index in [2.05, 4.69) is 30.4 Å². The molecular weight excluding hydrogens is 453 g/mol. The maximum absolute atomic E-state index is 12.2. The average Bonchev–Trinajstić information content (AvgIpc) is 2.68. The summed E-state index contributed by atoms with van der Waals surface area (Å²) in [4.78, 5) is 12.3. The van der Waals surface area contributed by atoms with Crippen molar-refractivity contribution in [3.05, 3.63) is 53.6 Å². The third kappa shape index (κ3) is 8.93. The maximum atomic E-state index is 12.2. The van der Waals surface area contributed by atoms with Crippen molar-refractivity contribution >= 4 is 17.7 Å². The lowest BCUT2D eigenvalue weighted by Gasteiger charge is -2.24. The van der Waals surface area contributed by atoms with Crippen LogP contribution < -0.4 is 9.47 Å². The highest BCUT2D eigenvalue weighted by Gasteiger charge is 2.31. The summed E-state index contributed by atoms with van der Waals surface area (Å²) in [5, 5.41) is 9.23. The van der Waals surface area contributed by atoms with E-state index < -0.39 is 17.9 Å². The molecular formula is C25H27F3O4S. The van der Waals surface area contributed by atoms with Gasteiger partial charge in [-0.2, -0.15) is 0 Å². The number of carbonyl (C=O) groups is 1. The Hall–Kier alpha value is -2.79. The van der Waals surface area contributed by atoms with Gasteiger partial charge < -0.3 is 14.6 Å². The number of aryl methyl sites for hydroxylation is 1. The minimum absolute atomic E-state index is 0.106. The fourth-order valence-electron chi connectivity index (χ4n) is 2.60. The van der Waals surface area contributed by atoms with Gasteiger partial charge in [-0.3, -0.25) is 0 Å². The minimum Gasteiger partial charge on any atom is -0.478 e. The molecule has 0 saturated heterocycles. The number of carboxylic acids is 1. The normalized spacial score (nSPS) is 12.0. The molecule has 2 rings (SSSR count). The summed E-state index contributed by atoms with van der Waals surface area (Å²) in [5.41, 5.74) is 0.0466. The third-order valence-corrected chi connectivity index (χ3v) is 6.06. The summed E-state index contributed by atoms with van der Waals surface area (Å²) in [6, 6.07) is 11.1. The van der Waals surface area contributed by atoms with E-state index >= 15 is 0 Å². The lowest BCUT2D eigenvalue weighted by atomic mass is 9.92. The van der Waals surface area contributed by atoms with Crippen molar-refractivity contribution in [3.8, 4) is 23.3 Å². The molecule has 4 nitrogen and oxygen atoms in total. The summed E-state index contributed by atoms with van der Waals surface area (Å²) in [6.45, 7) is 9.07. The van der Waals surface area contributed by atoms with Gasteiger partial charge in [-0.05, 0) is 74.2 Å². The van der Waals surface area contributed by atoms with E-state index in [4.69, 9.17) is 4.74 Å².